The van der Waals surface area contributed by atoms with Crippen molar-refractivity contribution >= 4 is 5.84 Å². The van der Waals surface area contributed by atoms with Gasteiger partial charge in [0, 0.05) is 6.04 Å². The zero-order valence-corrected chi connectivity index (χ0v) is 10.6. The van der Waals surface area contributed by atoms with Crippen LogP contribution in [-0.2, 0) is 0 Å². The lowest BCUT2D eigenvalue weighted by Crippen LogP contribution is -2.15. The summed E-state index contributed by atoms with van der Waals surface area (Å²) in [6, 6.07) is 0.256. The number of hydrogen-bond donors (Lipinski definition) is 2. The third kappa shape index (κ3) is 2.97. The van der Waals surface area contributed by atoms with Crippen molar-refractivity contribution in [1.82, 2.24) is 19.7 Å². The zero-order valence-electron chi connectivity index (χ0n) is 10.6. The Morgan fingerprint density at radius 1 is 1.37 bits per heavy atom. The van der Waals surface area contributed by atoms with Crippen LogP contribution in [0.1, 0.15) is 25.6 Å². The summed E-state index contributed by atoms with van der Waals surface area (Å²) < 4.78 is 7.25. The fourth-order valence-electron chi connectivity index (χ4n) is 1.33. The van der Waals surface area contributed by atoms with Crippen LogP contribution in [0.25, 0.3) is 0 Å². The lowest BCUT2D eigenvalue weighted by atomic mass is 10.4. The van der Waals surface area contributed by atoms with Gasteiger partial charge in [-0.2, -0.15) is 5.10 Å². The maximum Gasteiger partial charge on any atom is 0.238 e. The van der Waals surface area contributed by atoms with Gasteiger partial charge >= 0.3 is 0 Å². The number of rotatable bonds is 4. The van der Waals surface area contributed by atoms with Gasteiger partial charge < -0.3 is 15.7 Å². The van der Waals surface area contributed by atoms with E-state index in [9.17, 15) is 0 Å². The Labute approximate surface area is 109 Å². The molecule has 100 valence electrons. The molecule has 19 heavy (non-hydrogen) atoms. The summed E-state index contributed by atoms with van der Waals surface area (Å²) >= 11 is 0. The molecule has 0 fully saturated rings. The van der Waals surface area contributed by atoms with Gasteiger partial charge in [0.15, 0.2) is 11.6 Å². The maximum atomic E-state index is 8.50. The molecule has 0 saturated heterocycles. The third-order valence-electron chi connectivity index (χ3n) is 2.33. The van der Waals surface area contributed by atoms with Gasteiger partial charge in [-0.05, 0) is 13.8 Å². The topological polar surface area (TPSA) is 111 Å². The molecule has 8 nitrogen and oxygen atoms in total. The van der Waals surface area contributed by atoms with E-state index in [1.54, 1.807) is 17.1 Å². The normalized spacial score (nSPS) is 11.8. The predicted molar refractivity (Wildman–Crippen MR) is 67.2 cm³/mol. The number of aromatic nitrogens is 4. The first kappa shape index (κ1) is 12.8. The first-order valence-electron chi connectivity index (χ1n) is 5.62. The van der Waals surface area contributed by atoms with Crippen molar-refractivity contribution in [1.29, 1.82) is 0 Å². The molecule has 0 amide bonds. The molecule has 0 aliphatic heterocycles. The van der Waals surface area contributed by atoms with Gasteiger partial charge in [0.2, 0.25) is 5.88 Å². The van der Waals surface area contributed by atoms with E-state index in [4.69, 9.17) is 15.7 Å². The quantitative estimate of drug-likeness (QED) is 0.370. The van der Waals surface area contributed by atoms with Crippen molar-refractivity contribution in [3.05, 3.63) is 30.5 Å². The summed E-state index contributed by atoms with van der Waals surface area (Å²) in [5, 5.41) is 15.5. The largest absolute Gasteiger partial charge is 0.434 e. The van der Waals surface area contributed by atoms with E-state index in [1.165, 1.54) is 12.4 Å². The van der Waals surface area contributed by atoms with E-state index < -0.39 is 0 Å². The number of amidine groups is 1. The van der Waals surface area contributed by atoms with E-state index in [-0.39, 0.29) is 17.6 Å². The van der Waals surface area contributed by atoms with Crippen LogP contribution in [-0.4, -0.2) is 30.8 Å². The van der Waals surface area contributed by atoms with Crippen LogP contribution in [0.4, 0.5) is 0 Å². The average Bonchev–Trinajstić information content (AvgIpc) is 2.87. The molecule has 2 aromatic rings. The minimum absolute atomic E-state index is 0.105. The molecule has 0 aliphatic carbocycles. The van der Waals surface area contributed by atoms with E-state index >= 15 is 0 Å². The molecule has 0 saturated carbocycles. The van der Waals surface area contributed by atoms with Gasteiger partial charge in [-0.15, -0.1) is 0 Å². The number of nitrogens with zero attached hydrogens (tertiary/aromatic N) is 5. The summed E-state index contributed by atoms with van der Waals surface area (Å²) in [4.78, 5) is 7.96. The molecule has 8 heteroatoms. The molecule has 0 aromatic carbocycles. The van der Waals surface area contributed by atoms with Crippen LogP contribution < -0.4 is 10.5 Å². The highest BCUT2D eigenvalue weighted by Crippen LogP contribution is 2.18. The Hall–Kier alpha value is -2.64. The van der Waals surface area contributed by atoms with E-state index in [2.05, 4.69) is 20.2 Å². The molecule has 0 atom stereocenters. The van der Waals surface area contributed by atoms with Crippen LogP contribution in [0.15, 0.2) is 29.9 Å². The number of nitrogens with two attached hydrogens (primary N) is 1. The maximum absolute atomic E-state index is 8.50. The van der Waals surface area contributed by atoms with E-state index in [0.29, 0.717) is 11.6 Å². The second-order valence-corrected chi connectivity index (χ2v) is 4.08. The molecule has 0 bridgehead atoms. The van der Waals surface area contributed by atoms with Gasteiger partial charge in [-0.1, -0.05) is 5.16 Å². The van der Waals surface area contributed by atoms with Crippen molar-refractivity contribution in [2.24, 2.45) is 10.9 Å². The second kappa shape index (κ2) is 5.34. The molecule has 2 heterocycles. The van der Waals surface area contributed by atoms with Crippen LogP contribution >= 0.6 is 0 Å². The Morgan fingerprint density at radius 2 is 2.16 bits per heavy atom. The second-order valence-electron chi connectivity index (χ2n) is 4.08. The highest BCUT2D eigenvalue weighted by atomic mass is 16.5. The Morgan fingerprint density at radius 3 is 2.68 bits per heavy atom. The number of oxime groups is 1. The van der Waals surface area contributed by atoms with Gasteiger partial charge in [-0.3, -0.25) is 4.68 Å². The molecular formula is C11H14N6O2. The summed E-state index contributed by atoms with van der Waals surface area (Å²) in [5.41, 5.74) is 5.65. The van der Waals surface area contributed by atoms with Crippen molar-refractivity contribution in [2.45, 2.75) is 19.9 Å². The molecule has 0 aliphatic rings. The molecule has 0 spiro atoms. The monoisotopic (exact) mass is 262 g/mol. The average molecular weight is 262 g/mol. The molecule has 0 unspecified atom stereocenters. The zero-order chi connectivity index (χ0) is 13.8. The van der Waals surface area contributed by atoms with Gasteiger partial charge in [0.25, 0.3) is 0 Å². The van der Waals surface area contributed by atoms with Gasteiger partial charge in [0.1, 0.15) is 5.69 Å². The van der Waals surface area contributed by atoms with Crippen LogP contribution in [0, 0.1) is 0 Å². The Kier molecular flexibility index (Phi) is 3.60. The minimum atomic E-state index is -0.105. The smallest absolute Gasteiger partial charge is 0.238 e. The van der Waals surface area contributed by atoms with Crippen molar-refractivity contribution in [2.75, 3.05) is 0 Å². The van der Waals surface area contributed by atoms with Crippen molar-refractivity contribution < 1.29 is 9.94 Å². The van der Waals surface area contributed by atoms with E-state index in [1.807, 2.05) is 13.8 Å². The number of ether oxygens (including phenoxy) is 1. The first-order chi connectivity index (χ1) is 9.10. The summed E-state index contributed by atoms with van der Waals surface area (Å²) in [6.07, 6.45) is 6.11. The van der Waals surface area contributed by atoms with Gasteiger partial charge in [0.05, 0.1) is 24.8 Å². The molecule has 3 N–H and O–H groups in total. The summed E-state index contributed by atoms with van der Waals surface area (Å²) in [6.45, 7) is 4.03. The SMILES string of the molecule is CC(C)n1cc(Oc2cnc(/C(N)=N/O)cn2)cn1. The molecular weight excluding hydrogens is 248 g/mol. The van der Waals surface area contributed by atoms with Crippen molar-refractivity contribution in [3.63, 3.8) is 0 Å². The Bertz CT molecular complexity index is 575. The predicted octanol–water partition coefficient (Wildman–Crippen LogP) is 1.14. The highest BCUT2D eigenvalue weighted by Gasteiger charge is 2.06. The molecule has 0 radical (unpaired) electrons. The van der Waals surface area contributed by atoms with Gasteiger partial charge in [-0.25, -0.2) is 9.97 Å². The minimum Gasteiger partial charge on any atom is -0.434 e. The highest BCUT2D eigenvalue weighted by molar-refractivity contribution is 5.94. The summed E-state index contributed by atoms with van der Waals surface area (Å²) in [7, 11) is 0. The standard InChI is InChI=1S/C11H14N6O2/c1-7(2)17-6-8(3-15-17)19-10-5-13-9(4-14-10)11(12)16-18/h3-7,18H,1-2H3,(H2,12,16). The number of hydrogen-bond acceptors (Lipinski definition) is 6. The Balaban J connectivity index is 2.10. The third-order valence-corrected chi connectivity index (χ3v) is 2.33. The summed E-state index contributed by atoms with van der Waals surface area (Å²) in [5.74, 6) is 0.768. The first-order valence-corrected chi connectivity index (χ1v) is 5.62. The fourth-order valence-corrected chi connectivity index (χ4v) is 1.33. The van der Waals surface area contributed by atoms with E-state index in [0.717, 1.165) is 0 Å². The fraction of sp³-hybridized carbons (Fsp3) is 0.273. The lowest BCUT2D eigenvalue weighted by Gasteiger charge is -2.04. The van der Waals surface area contributed by atoms with Crippen LogP contribution in [0.5, 0.6) is 11.6 Å². The van der Waals surface area contributed by atoms with Crippen molar-refractivity contribution in [3.8, 4) is 11.6 Å². The van der Waals surface area contributed by atoms with Crippen LogP contribution in [0.3, 0.4) is 0 Å². The molecule has 2 aromatic heterocycles. The lowest BCUT2D eigenvalue weighted by molar-refractivity contribution is 0.318. The van der Waals surface area contributed by atoms with Crippen LogP contribution in [0.2, 0.25) is 0 Å². The molecule has 2 rings (SSSR count).